The Bertz CT molecular complexity index is 315. The molecule has 10 nitrogen and oxygen atoms in total. The molecule has 18 heavy (non-hydrogen) atoms. The summed E-state index contributed by atoms with van der Waals surface area (Å²) in [6, 6.07) is -2.33. The van der Waals surface area contributed by atoms with Gasteiger partial charge in [0.2, 0.25) is 0 Å². The average Bonchev–Trinajstić information content (AvgIpc) is 2.37. The quantitative estimate of drug-likeness (QED) is 0.271. The number of aliphatic hydroxyl groups excluding tert-OH is 4. The highest BCUT2D eigenvalue weighted by Gasteiger charge is 2.44. The van der Waals surface area contributed by atoms with Crippen LogP contribution in [0.3, 0.4) is 0 Å². The van der Waals surface area contributed by atoms with Gasteiger partial charge in [0.15, 0.2) is 6.29 Å². The van der Waals surface area contributed by atoms with Gasteiger partial charge in [0.05, 0.1) is 11.9 Å². The van der Waals surface area contributed by atoms with Crippen LogP contribution in [0.15, 0.2) is 5.29 Å². The highest BCUT2D eigenvalue weighted by molar-refractivity contribution is 5.73. The third-order valence-electron chi connectivity index (χ3n) is 2.61. The molecule has 1 aliphatic rings. The lowest BCUT2D eigenvalue weighted by Gasteiger charge is -2.40. The zero-order valence-corrected chi connectivity index (χ0v) is 9.50. The number of hydrogen-bond acceptors (Lipinski definition) is 8. The number of aliphatic hydroxyl groups is 4. The summed E-state index contributed by atoms with van der Waals surface area (Å²) in [5.41, 5.74) is 0. The number of hydrogen-bond donors (Lipinski definition) is 5. The van der Waals surface area contributed by atoms with Gasteiger partial charge in [-0.05, 0) is 0 Å². The number of rotatable bonds is 3. The minimum absolute atomic E-state index is 0.407. The number of nitrogens with one attached hydrogen (secondary N) is 1. The molecule has 0 unspecified atom stereocenters. The van der Waals surface area contributed by atoms with Gasteiger partial charge >= 0.3 is 6.03 Å². The average molecular weight is 265 g/mol. The normalized spacial score (nSPS) is 35.9. The second kappa shape index (κ2) is 6.02. The molecule has 5 atom stereocenters. The summed E-state index contributed by atoms with van der Waals surface area (Å²) in [5.74, 6) is 0. The summed E-state index contributed by atoms with van der Waals surface area (Å²) in [4.78, 5) is 21.4. The van der Waals surface area contributed by atoms with Gasteiger partial charge in [0.1, 0.15) is 24.4 Å². The van der Waals surface area contributed by atoms with E-state index in [4.69, 9.17) is 9.84 Å². The van der Waals surface area contributed by atoms with E-state index >= 15 is 0 Å². The zero-order chi connectivity index (χ0) is 13.9. The van der Waals surface area contributed by atoms with E-state index in [0.717, 1.165) is 7.05 Å². The molecule has 10 heteroatoms. The topological polar surface area (TPSA) is 152 Å². The van der Waals surface area contributed by atoms with Crippen LogP contribution < -0.4 is 5.32 Å². The molecule has 1 fully saturated rings. The third kappa shape index (κ3) is 2.91. The molecule has 0 bridgehead atoms. The van der Waals surface area contributed by atoms with Crippen LogP contribution in [0.4, 0.5) is 4.79 Å². The van der Waals surface area contributed by atoms with Gasteiger partial charge in [-0.2, -0.15) is 5.01 Å². The van der Waals surface area contributed by atoms with Gasteiger partial charge in [-0.3, -0.25) is 0 Å². The molecule has 1 heterocycles. The van der Waals surface area contributed by atoms with Crippen LogP contribution in [0.2, 0.25) is 0 Å². The van der Waals surface area contributed by atoms with Crippen LogP contribution in [0.5, 0.6) is 0 Å². The fraction of sp³-hybridized carbons (Fsp3) is 0.875. The Kier molecular flexibility index (Phi) is 4.93. The van der Waals surface area contributed by atoms with Gasteiger partial charge in [-0.15, -0.1) is 4.91 Å². The number of urea groups is 1. The standard InChI is InChI=1S/C8H15N3O7/c1-11(10-17)8(16)9-4-6(14)5(13)3(2-12)18-7(4)15/h3-7,12-15H,2H2,1H3,(H,9,16)/t3-,4-,5-,6+,7+/m1/s1. The highest BCUT2D eigenvalue weighted by atomic mass is 16.6. The van der Waals surface area contributed by atoms with Crippen molar-refractivity contribution < 1.29 is 30.0 Å². The lowest BCUT2D eigenvalue weighted by atomic mass is 9.97. The van der Waals surface area contributed by atoms with Crippen molar-refractivity contribution in [1.82, 2.24) is 10.3 Å². The van der Waals surface area contributed by atoms with Gasteiger partial charge in [0.25, 0.3) is 0 Å². The minimum Gasteiger partial charge on any atom is -0.394 e. The molecule has 0 aromatic carbocycles. The lowest BCUT2D eigenvalue weighted by Crippen LogP contribution is -2.64. The van der Waals surface area contributed by atoms with Crippen molar-refractivity contribution in [2.75, 3.05) is 13.7 Å². The first-order valence-corrected chi connectivity index (χ1v) is 5.10. The number of nitroso groups, excluding NO2 is 1. The second-order valence-corrected chi connectivity index (χ2v) is 3.81. The van der Waals surface area contributed by atoms with Crippen LogP contribution in [0.1, 0.15) is 0 Å². The minimum atomic E-state index is -1.63. The largest absolute Gasteiger partial charge is 0.394 e. The van der Waals surface area contributed by atoms with Crippen LogP contribution in [-0.2, 0) is 4.74 Å². The number of nitrogens with zero attached hydrogens (tertiary/aromatic N) is 2. The summed E-state index contributed by atoms with van der Waals surface area (Å²) >= 11 is 0. The molecule has 2 amide bonds. The molecule has 0 radical (unpaired) electrons. The Labute approximate surface area is 102 Å². The first-order chi connectivity index (χ1) is 8.42. The van der Waals surface area contributed by atoms with Crippen molar-refractivity contribution in [1.29, 1.82) is 0 Å². The lowest BCUT2D eigenvalue weighted by molar-refractivity contribution is -0.252. The fourth-order valence-corrected chi connectivity index (χ4v) is 1.53. The molecule has 0 aromatic rings. The molecule has 1 saturated heterocycles. The predicted octanol–water partition coefficient (Wildman–Crippen LogP) is -2.89. The first kappa shape index (κ1) is 14.7. The molecule has 0 saturated carbocycles. The summed E-state index contributed by atoms with van der Waals surface area (Å²) in [6.07, 6.45) is -5.84. The fourth-order valence-electron chi connectivity index (χ4n) is 1.53. The molecule has 1 rings (SSSR count). The monoisotopic (exact) mass is 265 g/mol. The van der Waals surface area contributed by atoms with Gasteiger partial charge in [-0.1, -0.05) is 0 Å². The smallest absolute Gasteiger partial charge is 0.340 e. The van der Waals surface area contributed by atoms with Crippen molar-refractivity contribution in [3.8, 4) is 0 Å². The summed E-state index contributed by atoms with van der Waals surface area (Å²) in [5, 5.41) is 42.4. The van der Waals surface area contributed by atoms with Crippen LogP contribution in [0, 0.1) is 4.91 Å². The Morgan fingerprint density at radius 3 is 2.50 bits per heavy atom. The van der Waals surface area contributed by atoms with Crippen molar-refractivity contribution in [2.24, 2.45) is 5.29 Å². The maximum absolute atomic E-state index is 11.3. The molecule has 0 aliphatic carbocycles. The molecular formula is C8H15N3O7. The van der Waals surface area contributed by atoms with Gasteiger partial charge < -0.3 is 30.5 Å². The third-order valence-corrected chi connectivity index (χ3v) is 2.61. The number of ether oxygens (including phenoxy) is 1. The van der Waals surface area contributed by atoms with E-state index in [1.54, 1.807) is 0 Å². The maximum Gasteiger partial charge on any atom is 0.340 e. The van der Waals surface area contributed by atoms with Crippen molar-refractivity contribution in [3.05, 3.63) is 4.91 Å². The number of carbonyl (C=O) groups excluding carboxylic acids is 1. The Hall–Kier alpha value is -1.33. The van der Waals surface area contributed by atoms with E-state index in [1.807, 2.05) is 0 Å². The molecule has 0 aromatic heterocycles. The van der Waals surface area contributed by atoms with E-state index in [0.29, 0.717) is 5.01 Å². The predicted molar refractivity (Wildman–Crippen MR) is 55.9 cm³/mol. The molecular weight excluding hydrogens is 250 g/mol. The van der Waals surface area contributed by atoms with E-state index in [9.17, 15) is 25.0 Å². The second-order valence-electron chi connectivity index (χ2n) is 3.81. The van der Waals surface area contributed by atoms with Crippen LogP contribution >= 0.6 is 0 Å². The van der Waals surface area contributed by atoms with E-state index in [-0.39, 0.29) is 0 Å². The SMILES string of the molecule is CN(N=O)C(=O)N[C@@H]1[C@H](O)[C@H](O)[C@@H](CO)O[C@@H]1O. The van der Waals surface area contributed by atoms with Gasteiger partial charge in [0, 0.05) is 7.05 Å². The molecule has 5 N–H and O–H groups in total. The Morgan fingerprint density at radius 2 is 2.00 bits per heavy atom. The number of amides is 2. The highest BCUT2D eigenvalue weighted by Crippen LogP contribution is 2.19. The van der Waals surface area contributed by atoms with Crippen LogP contribution in [-0.4, -0.2) is 75.8 Å². The van der Waals surface area contributed by atoms with Gasteiger partial charge in [-0.25, -0.2) is 4.79 Å². The summed E-state index contributed by atoms with van der Waals surface area (Å²) in [7, 11) is 1.07. The molecule has 104 valence electrons. The molecule has 0 spiro atoms. The summed E-state index contributed by atoms with van der Waals surface area (Å²) in [6.45, 7) is -0.605. The maximum atomic E-state index is 11.3. The van der Waals surface area contributed by atoms with E-state index in [1.165, 1.54) is 0 Å². The van der Waals surface area contributed by atoms with Crippen molar-refractivity contribution >= 4 is 6.03 Å². The van der Waals surface area contributed by atoms with E-state index in [2.05, 4.69) is 10.6 Å². The first-order valence-electron chi connectivity index (χ1n) is 5.10. The van der Waals surface area contributed by atoms with E-state index < -0.39 is 43.3 Å². The molecule has 1 aliphatic heterocycles. The summed E-state index contributed by atoms with van der Waals surface area (Å²) < 4.78 is 4.80. The van der Waals surface area contributed by atoms with Crippen molar-refractivity contribution in [2.45, 2.75) is 30.6 Å². The Balaban J connectivity index is 2.71. The Morgan fingerprint density at radius 1 is 1.39 bits per heavy atom. The van der Waals surface area contributed by atoms with Crippen LogP contribution in [0.25, 0.3) is 0 Å². The number of carbonyl (C=O) groups is 1. The van der Waals surface area contributed by atoms with Crippen molar-refractivity contribution in [3.63, 3.8) is 0 Å². The zero-order valence-electron chi connectivity index (χ0n) is 9.50.